The molecule has 0 spiro atoms. The van der Waals surface area contributed by atoms with Gasteiger partial charge in [-0.1, -0.05) is 42.5 Å². The van der Waals surface area contributed by atoms with Crippen LogP contribution in [-0.2, 0) is 0 Å². The first-order valence-electron chi connectivity index (χ1n) is 5.39. The van der Waals surface area contributed by atoms with Crippen LogP contribution < -0.4 is 5.32 Å². The van der Waals surface area contributed by atoms with Gasteiger partial charge in [-0.15, -0.1) is 12.4 Å². The Morgan fingerprint density at radius 3 is 2.40 bits per heavy atom. The third kappa shape index (κ3) is 4.06. The van der Waals surface area contributed by atoms with Gasteiger partial charge in [-0.05, 0) is 37.4 Å². The number of nitrogens with one attached hydrogen (secondary N) is 1. The van der Waals surface area contributed by atoms with Crippen molar-refractivity contribution in [3.05, 3.63) is 42.0 Å². The molecule has 1 aromatic rings. The predicted molar refractivity (Wildman–Crippen MR) is 68.3 cm³/mol. The normalized spacial score (nSPS) is 17.6. The van der Waals surface area contributed by atoms with E-state index in [2.05, 4.69) is 47.8 Å². The number of rotatable bonds is 2. The van der Waals surface area contributed by atoms with Crippen molar-refractivity contribution >= 4 is 18.5 Å². The van der Waals surface area contributed by atoms with Crippen LogP contribution in [0.15, 0.2) is 36.4 Å². The fourth-order valence-electron chi connectivity index (χ4n) is 1.85. The molecule has 0 aromatic heterocycles. The van der Waals surface area contributed by atoms with Gasteiger partial charge in [0.25, 0.3) is 0 Å². The van der Waals surface area contributed by atoms with E-state index in [9.17, 15) is 0 Å². The van der Waals surface area contributed by atoms with Crippen LogP contribution in [-0.4, -0.2) is 13.1 Å². The molecule has 0 aliphatic carbocycles. The average Bonchev–Trinajstić information content (AvgIpc) is 2.29. The van der Waals surface area contributed by atoms with Crippen LogP contribution in [0.2, 0.25) is 0 Å². The number of piperidine rings is 1. The molecule has 0 bridgehead atoms. The second kappa shape index (κ2) is 6.65. The summed E-state index contributed by atoms with van der Waals surface area (Å²) in [4.78, 5) is 0. The molecule has 0 atom stereocenters. The molecule has 1 aliphatic heterocycles. The summed E-state index contributed by atoms with van der Waals surface area (Å²) in [6.07, 6.45) is 7.17. The van der Waals surface area contributed by atoms with E-state index >= 15 is 0 Å². The highest BCUT2D eigenvalue weighted by atomic mass is 35.5. The average molecular weight is 224 g/mol. The van der Waals surface area contributed by atoms with E-state index in [-0.39, 0.29) is 12.4 Å². The number of allylic oxidation sites excluding steroid dienone is 1. The summed E-state index contributed by atoms with van der Waals surface area (Å²) in [5, 5.41) is 3.38. The Kier molecular flexibility index (Phi) is 5.44. The molecule has 0 unspecified atom stereocenters. The van der Waals surface area contributed by atoms with E-state index in [1.807, 2.05) is 0 Å². The van der Waals surface area contributed by atoms with Crippen LogP contribution in [0.3, 0.4) is 0 Å². The van der Waals surface area contributed by atoms with E-state index in [1.54, 1.807) is 0 Å². The van der Waals surface area contributed by atoms with Crippen LogP contribution in [0.1, 0.15) is 18.4 Å². The van der Waals surface area contributed by atoms with Gasteiger partial charge in [-0.3, -0.25) is 0 Å². The summed E-state index contributed by atoms with van der Waals surface area (Å²) >= 11 is 0. The monoisotopic (exact) mass is 223 g/mol. The molecule has 2 rings (SSSR count). The number of halogens is 1. The topological polar surface area (TPSA) is 12.0 Å². The zero-order valence-electron chi connectivity index (χ0n) is 8.86. The maximum absolute atomic E-state index is 3.38. The predicted octanol–water partition coefficient (Wildman–Crippen LogP) is 3.12. The van der Waals surface area contributed by atoms with Gasteiger partial charge < -0.3 is 5.32 Å². The van der Waals surface area contributed by atoms with Crippen LogP contribution in [0.5, 0.6) is 0 Å². The molecule has 0 radical (unpaired) electrons. The van der Waals surface area contributed by atoms with Crippen molar-refractivity contribution in [2.24, 2.45) is 5.92 Å². The van der Waals surface area contributed by atoms with Gasteiger partial charge in [-0.2, -0.15) is 0 Å². The SMILES string of the molecule is C(=C/C1CCNCC1)/c1ccccc1.Cl. The molecular formula is C13H18ClN. The van der Waals surface area contributed by atoms with Crippen molar-refractivity contribution in [2.75, 3.05) is 13.1 Å². The largest absolute Gasteiger partial charge is 0.317 e. The van der Waals surface area contributed by atoms with Crippen molar-refractivity contribution in [3.8, 4) is 0 Å². The molecule has 0 saturated carbocycles. The summed E-state index contributed by atoms with van der Waals surface area (Å²) in [6, 6.07) is 10.5. The van der Waals surface area contributed by atoms with Crippen LogP contribution >= 0.6 is 12.4 Å². The zero-order valence-corrected chi connectivity index (χ0v) is 9.67. The quantitative estimate of drug-likeness (QED) is 0.813. The first-order valence-corrected chi connectivity index (χ1v) is 5.39. The number of hydrogen-bond donors (Lipinski definition) is 1. The second-order valence-corrected chi connectivity index (χ2v) is 3.86. The molecule has 1 nitrogen and oxygen atoms in total. The van der Waals surface area contributed by atoms with E-state index in [0.717, 1.165) is 5.92 Å². The van der Waals surface area contributed by atoms with E-state index in [4.69, 9.17) is 0 Å². The molecule has 1 fully saturated rings. The smallest absolute Gasteiger partial charge is 0.00433 e. The summed E-state index contributed by atoms with van der Waals surface area (Å²) in [5.41, 5.74) is 1.31. The van der Waals surface area contributed by atoms with Crippen molar-refractivity contribution in [3.63, 3.8) is 0 Å². The molecule has 1 heterocycles. The summed E-state index contributed by atoms with van der Waals surface area (Å²) in [5.74, 6) is 0.774. The molecule has 2 heteroatoms. The molecular weight excluding hydrogens is 206 g/mol. The first kappa shape index (κ1) is 12.3. The molecule has 1 aliphatic rings. The Hall–Kier alpha value is -0.790. The van der Waals surface area contributed by atoms with Crippen molar-refractivity contribution in [1.82, 2.24) is 5.32 Å². The second-order valence-electron chi connectivity index (χ2n) is 3.86. The van der Waals surface area contributed by atoms with Gasteiger partial charge in [0.2, 0.25) is 0 Å². The van der Waals surface area contributed by atoms with Gasteiger partial charge in [0.05, 0.1) is 0 Å². The standard InChI is InChI=1S/C13H17N.ClH/c1-2-4-12(5-3-1)6-7-13-8-10-14-11-9-13;/h1-7,13-14H,8-11H2;1H/b7-6-;. The number of benzene rings is 1. The number of hydrogen-bond acceptors (Lipinski definition) is 1. The Labute approximate surface area is 98.0 Å². The Balaban J connectivity index is 0.00000112. The minimum absolute atomic E-state index is 0. The molecule has 15 heavy (non-hydrogen) atoms. The molecule has 1 aromatic carbocycles. The lowest BCUT2D eigenvalue weighted by atomic mass is 9.97. The van der Waals surface area contributed by atoms with Gasteiger partial charge in [-0.25, -0.2) is 0 Å². The van der Waals surface area contributed by atoms with Gasteiger partial charge in [0.1, 0.15) is 0 Å². The Morgan fingerprint density at radius 1 is 1.07 bits per heavy atom. The third-order valence-corrected chi connectivity index (χ3v) is 2.74. The van der Waals surface area contributed by atoms with Gasteiger partial charge in [0.15, 0.2) is 0 Å². The van der Waals surface area contributed by atoms with Gasteiger partial charge >= 0.3 is 0 Å². The van der Waals surface area contributed by atoms with Crippen LogP contribution in [0.4, 0.5) is 0 Å². The van der Waals surface area contributed by atoms with Crippen molar-refractivity contribution in [2.45, 2.75) is 12.8 Å². The minimum Gasteiger partial charge on any atom is -0.317 e. The molecule has 0 amide bonds. The lowest BCUT2D eigenvalue weighted by Gasteiger charge is -2.19. The van der Waals surface area contributed by atoms with Crippen molar-refractivity contribution in [1.29, 1.82) is 0 Å². The highest BCUT2D eigenvalue weighted by molar-refractivity contribution is 5.85. The van der Waals surface area contributed by atoms with Crippen LogP contribution in [0, 0.1) is 5.92 Å². The fourth-order valence-corrected chi connectivity index (χ4v) is 1.85. The lowest BCUT2D eigenvalue weighted by molar-refractivity contribution is 0.438. The Morgan fingerprint density at radius 2 is 1.73 bits per heavy atom. The minimum atomic E-state index is 0. The van der Waals surface area contributed by atoms with E-state index in [1.165, 1.54) is 31.5 Å². The summed E-state index contributed by atoms with van der Waals surface area (Å²) < 4.78 is 0. The first-order chi connectivity index (χ1) is 6.95. The Bertz CT molecular complexity index is 289. The highest BCUT2D eigenvalue weighted by Gasteiger charge is 2.08. The van der Waals surface area contributed by atoms with E-state index < -0.39 is 0 Å². The summed E-state index contributed by atoms with van der Waals surface area (Å²) in [7, 11) is 0. The highest BCUT2D eigenvalue weighted by Crippen LogP contribution is 2.14. The maximum Gasteiger partial charge on any atom is -0.00433 e. The molecule has 82 valence electrons. The van der Waals surface area contributed by atoms with Gasteiger partial charge in [0, 0.05) is 0 Å². The summed E-state index contributed by atoms with van der Waals surface area (Å²) in [6.45, 7) is 2.34. The molecule has 1 saturated heterocycles. The van der Waals surface area contributed by atoms with Crippen molar-refractivity contribution < 1.29 is 0 Å². The zero-order chi connectivity index (χ0) is 9.64. The van der Waals surface area contributed by atoms with E-state index in [0.29, 0.717) is 0 Å². The van der Waals surface area contributed by atoms with Crippen LogP contribution in [0.25, 0.3) is 6.08 Å². The fraction of sp³-hybridized carbons (Fsp3) is 0.385. The molecule has 1 N–H and O–H groups in total. The lowest BCUT2D eigenvalue weighted by Crippen LogP contribution is -2.26. The third-order valence-electron chi connectivity index (χ3n) is 2.74. The maximum atomic E-state index is 3.38.